The highest BCUT2D eigenvalue weighted by atomic mass is 16.6. The molecule has 1 aliphatic carbocycles. The van der Waals surface area contributed by atoms with Crippen molar-refractivity contribution in [3.8, 4) is 0 Å². The molecule has 0 aromatic heterocycles. The predicted molar refractivity (Wildman–Crippen MR) is 78.7 cm³/mol. The standard InChI is InChI=1S/C15H22N2O3/c1-2-6-15(7-3-8-15)11-16-13-9-12(10-18)4-5-14(13)17(19)20/h4-5,9,16,18H,2-3,6-8,10-11H2,1H3. The van der Waals surface area contributed by atoms with E-state index in [0.717, 1.165) is 19.4 Å². The molecule has 110 valence electrons. The predicted octanol–water partition coefficient (Wildman–Crippen LogP) is 3.47. The first kappa shape index (κ1) is 14.8. The molecule has 5 heteroatoms. The SMILES string of the molecule is CCCC1(CNc2cc(CO)ccc2[N+](=O)[O-])CCC1. The van der Waals surface area contributed by atoms with Crippen LogP contribution in [0.3, 0.4) is 0 Å². The van der Waals surface area contributed by atoms with Gasteiger partial charge in [-0.25, -0.2) is 0 Å². The van der Waals surface area contributed by atoms with Gasteiger partial charge in [-0.3, -0.25) is 10.1 Å². The van der Waals surface area contributed by atoms with Crippen molar-refractivity contribution in [2.45, 2.75) is 45.6 Å². The van der Waals surface area contributed by atoms with Crippen LogP contribution in [0.1, 0.15) is 44.6 Å². The number of hydrogen-bond donors (Lipinski definition) is 2. The van der Waals surface area contributed by atoms with Crippen molar-refractivity contribution < 1.29 is 10.0 Å². The van der Waals surface area contributed by atoms with Gasteiger partial charge in [0, 0.05) is 12.6 Å². The quantitative estimate of drug-likeness (QED) is 0.591. The van der Waals surface area contributed by atoms with Gasteiger partial charge in [0.2, 0.25) is 0 Å². The first-order chi connectivity index (χ1) is 9.60. The Labute approximate surface area is 119 Å². The Hall–Kier alpha value is -1.62. The molecule has 0 aliphatic heterocycles. The highest BCUT2D eigenvalue weighted by molar-refractivity contribution is 5.62. The molecule has 1 aromatic carbocycles. The average Bonchev–Trinajstić information content (AvgIpc) is 2.41. The molecule has 0 spiro atoms. The van der Waals surface area contributed by atoms with Crippen molar-refractivity contribution in [2.24, 2.45) is 5.41 Å². The molecular formula is C15H22N2O3. The van der Waals surface area contributed by atoms with E-state index < -0.39 is 0 Å². The third-order valence-electron chi connectivity index (χ3n) is 4.29. The number of anilines is 1. The fourth-order valence-electron chi connectivity index (χ4n) is 2.99. The molecular weight excluding hydrogens is 256 g/mol. The van der Waals surface area contributed by atoms with Crippen molar-refractivity contribution in [1.29, 1.82) is 0 Å². The Morgan fingerprint density at radius 2 is 2.20 bits per heavy atom. The number of aliphatic hydroxyl groups excluding tert-OH is 1. The van der Waals surface area contributed by atoms with Gasteiger partial charge in [-0.15, -0.1) is 0 Å². The third-order valence-corrected chi connectivity index (χ3v) is 4.29. The topological polar surface area (TPSA) is 75.4 Å². The van der Waals surface area contributed by atoms with Crippen molar-refractivity contribution in [2.75, 3.05) is 11.9 Å². The second-order valence-electron chi connectivity index (χ2n) is 5.72. The molecule has 5 nitrogen and oxygen atoms in total. The molecule has 0 bridgehead atoms. The molecule has 20 heavy (non-hydrogen) atoms. The minimum atomic E-state index is -0.378. The van der Waals surface area contributed by atoms with Crippen LogP contribution in [0.2, 0.25) is 0 Å². The van der Waals surface area contributed by atoms with E-state index in [4.69, 9.17) is 5.11 Å². The van der Waals surface area contributed by atoms with Gasteiger partial charge in [0.05, 0.1) is 11.5 Å². The van der Waals surface area contributed by atoms with Crippen LogP contribution in [-0.4, -0.2) is 16.6 Å². The van der Waals surface area contributed by atoms with Crippen LogP contribution in [0.5, 0.6) is 0 Å². The summed E-state index contributed by atoms with van der Waals surface area (Å²) in [5.41, 5.74) is 1.59. The lowest BCUT2D eigenvalue weighted by atomic mass is 9.66. The minimum absolute atomic E-state index is 0.0770. The van der Waals surface area contributed by atoms with E-state index in [0.29, 0.717) is 16.7 Å². The Bertz CT molecular complexity index is 484. The van der Waals surface area contributed by atoms with Crippen molar-refractivity contribution in [3.05, 3.63) is 33.9 Å². The monoisotopic (exact) mass is 278 g/mol. The van der Waals surface area contributed by atoms with Gasteiger partial charge in [0.25, 0.3) is 5.69 Å². The summed E-state index contributed by atoms with van der Waals surface area (Å²) in [7, 11) is 0. The first-order valence-electron chi connectivity index (χ1n) is 7.22. The molecule has 0 atom stereocenters. The highest BCUT2D eigenvalue weighted by Crippen LogP contribution is 2.45. The minimum Gasteiger partial charge on any atom is -0.392 e. The lowest BCUT2D eigenvalue weighted by Gasteiger charge is -2.42. The van der Waals surface area contributed by atoms with Crippen molar-refractivity contribution >= 4 is 11.4 Å². The maximum absolute atomic E-state index is 11.1. The lowest BCUT2D eigenvalue weighted by molar-refractivity contribution is -0.384. The fourth-order valence-corrected chi connectivity index (χ4v) is 2.99. The number of nitro benzene ring substituents is 1. The molecule has 0 radical (unpaired) electrons. The van der Waals surface area contributed by atoms with Gasteiger partial charge < -0.3 is 10.4 Å². The smallest absolute Gasteiger partial charge is 0.292 e. The molecule has 1 fully saturated rings. The summed E-state index contributed by atoms with van der Waals surface area (Å²) < 4.78 is 0. The van der Waals surface area contributed by atoms with E-state index in [1.165, 1.54) is 25.3 Å². The zero-order chi connectivity index (χ0) is 14.6. The molecule has 1 aliphatic rings. The second kappa shape index (κ2) is 6.22. The average molecular weight is 278 g/mol. The van der Waals surface area contributed by atoms with E-state index in [-0.39, 0.29) is 17.2 Å². The number of nitrogens with zero attached hydrogens (tertiary/aromatic N) is 1. The van der Waals surface area contributed by atoms with Gasteiger partial charge in [0.1, 0.15) is 5.69 Å². The molecule has 1 saturated carbocycles. The molecule has 0 amide bonds. The number of nitrogens with one attached hydrogen (secondary N) is 1. The molecule has 0 saturated heterocycles. The van der Waals surface area contributed by atoms with Crippen LogP contribution in [0.15, 0.2) is 18.2 Å². The van der Waals surface area contributed by atoms with E-state index in [9.17, 15) is 10.1 Å². The Morgan fingerprint density at radius 3 is 2.70 bits per heavy atom. The molecule has 2 rings (SSSR count). The summed E-state index contributed by atoms with van der Waals surface area (Å²) in [6.07, 6.45) is 5.94. The normalized spacial score (nSPS) is 16.5. The van der Waals surface area contributed by atoms with Crippen LogP contribution in [0.4, 0.5) is 11.4 Å². The zero-order valence-corrected chi connectivity index (χ0v) is 11.9. The summed E-state index contributed by atoms with van der Waals surface area (Å²) >= 11 is 0. The number of benzene rings is 1. The molecule has 2 N–H and O–H groups in total. The summed E-state index contributed by atoms with van der Waals surface area (Å²) in [6, 6.07) is 4.73. The molecule has 0 heterocycles. The van der Waals surface area contributed by atoms with Crippen LogP contribution < -0.4 is 5.32 Å². The van der Waals surface area contributed by atoms with Crippen molar-refractivity contribution in [3.63, 3.8) is 0 Å². The second-order valence-corrected chi connectivity index (χ2v) is 5.72. The Balaban J connectivity index is 2.13. The number of rotatable bonds is 7. The summed E-state index contributed by atoms with van der Waals surface area (Å²) in [4.78, 5) is 10.7. The molecule has 0 unspecified atom stereocenters. The summed E-state index contributed by atoms with van der Waals surface area (Å²) in [5, 5.41) is 23.5. The number of aliphatic hydroxyl groups is 1. The van der Waals surface area contributed by atoms with E-state index in [1.54, 1.807) is 12.1 Å². The Kier molecular flexibility index (Phi) is 4.60. The molecule has 1 aromatic rings. The number of hydrogen-bond acceptors (Lipinski definition) is 4. The number of nitro groups is 1. The van der Waals surface area contributed by atoms with Gasteiger partial charge in [-0.1, -0.05) is 19.8 Å². The fraction of sp³-hybridized carbons (Fsp3) is 0.600. The lowest BCUT2D eigenvalue weighted by Crippen LogP contribution is -2.36. The van der Waals surface area contributed by atoms with E-state index >= 15 is 0 Å². The Morgan fingerprint density at radius 1 is 1.45 bits per heavy atom. The maximum atomic E-state index is 11.1. The van der Waals surface area contributed by atoms with Gasteiger partial charge in [-0.2, -0.15) is 0 Å². The zero-order valence-electron chi connectivity index (χ0n) is 11.9. The third kappa shape index (κ3) is 3.10. The van der Waals surface area contributed by atoms with Crippen LogP contribution >= 0.6 is 0 Å². The van der Waals surface area contributed by atoms with Gasteiger partial charge in [-0.05, 0) is 42.4 Å². The summed E-state index contributed by atoms with van der Waals surface area (Å²) in [6.45, 7) is 2.85. The van der Waals surface area contributed by atoms with Gasteiger partial charge in [0.15, 0.2) is 0 Å². The summed E-state index contributed by atoms with van der Waals surface area (Å²) in [5.74, 6) is 0. The van der Waals surface area contributed by atoms with Crippen LogP contribution in [-0.2, 0) is 6.61 Å². The van der Waals surface area contributed by atoms with E-state index in [1.807, 2.05) is 0 Å². The highest BCUT2D eigenvalue weighted by Gasteiger charge is 2.36. The maximum Gasteiger partial charge on any atom is 0.292 e. The first-order valence-corrected chi connectivity index (χ1v) is 7.22. The van der Waals surface area contributed by atoms with Crippen LogP contribution in [0, 0.1) is 15.5 Å². The van der Waals surface area contributed by atoms with Crippen molar-refractivity contribution in [1.82, 2.24) is 0 Å². The van der Waals surface area contributed by atoms with E-state index in [2.05, 4.69) is 12.2 Å². The van der Waals surface area contributed by atoms with Crippen LogP contribution in [0.25, 0.3) is 0 Å². The van der Waals surface area contributed by atoms with Gasteiger partial charge >= 0.3 is 0 Å². The largest absolute Gasteiger partial charge is 0.392 e.